The van der Waals surface area contributed by atoms with Gasteiger partial charge in [0.1, 0.15) is 10.0 Å². The van der Waals surface area contributed by atoms with E-state index in [1.165, 1.54) is 5.06 Å². The van der Waals surface area contributed by atoms with Crippen LogP contribution in [0.5, 0.6) is 0 Å². The van der Waals surface area contributed by atoms with Crippen LogP contribution in [0, 0.1) is 0 Å². The molecule has 1 rings (SSSR count). The molecule has 27 heavy (non-hydrogen) atoms. The normalized spacial score (nSPS) is 21.5. The van der Waals surface area contributed by atoms with E-state index in [1.54, 1.807) is 13.8 Å². The molecule has 0 spiro atoms. The molecule has 1 N–H and O–H groups in total. The monoisotopic (exact) mass is 611 g/mol. The van der Waals surface area contributed by atoms with Crippen LogP contribution in [0.3, 0.4) is 0 Å². The number of piperidine rings is 1. The summed E-state index contributed by atoms with van der Waals surface area (Å²) in [4.78, 5) is 23.7. The Morgan fingerprint density at radius 1 is 1.19 bits per heavy atom. The number of esters is 2. The van der Waals surface area contributed by atoms with Gasteiger partial charge in [-0.25, -0.2) is 0 Å². The van der Waals surface area contributed by atoms with E-state index >= 15 is 0 Å². The summed E-state index contributed by atoms with van der Waals surface area (Å²) in [7, 11) is 0. The first-order chi connectivity index (χ1) is 12.2. The van der Waals surface area contributed by atoms with Crippen LogP contribution in [0.25, 0.3) is 0 Å². The minimum absolute atomic E-state index is 0.0424. The van der Waals surface area contributed by atoms with Crippen molar-refractivity contribution in [2.75, 3.05) is 17.6 Å². The molecule has 0 amide bonds. The lowest BCUT2D eigenvalue weighted by Crippen LogP contribution is -2.60. The molecule has 0 aromatic rings. The Hall–Kier alpha value is 0.280. The average molecular weight is 611 g/mol. The Bertz CT molecular complexity index is 514. The second-order valence-electron chi connectivity index (χ2n) is 8.62. The van der Waals surface area contributed by atoms with E-state index < -0.39 is 20.6 Å². The van der Waals surface area contributed by atoms with Crippen LogP contribution >= 0.6 is 45.2 Å². The van der Waals surface area contributed by atoms with Crippen LogP contribution in [0.15, 0.2) is 0 Å². The van der Waals surface area contributed by atoms with Gasteiger partial charge in [0.05, 0.1) is 17.1 Å². The number of hydroxylamine groups is 2. The number of carbonyl (C=O) groups excluding carboxylic acids is 2. The number of alkyl halides is 2. The lowest BCUT2D eigenvalue weighted by molar-refractivity contribution is -0.262. The molecule has 9 heteroatoms. The number of ether oxygens (including phenoxy) is 3. The van der Waals surface area contributed by atoms with Gasteiger partial charge in [0.2, 0.25) is 0 Å². The fourth-order valence-corrected chi connectivity index (χ4v) is 3.55. The van der Waals surface area contributed by atoms with Crippen molar-refractivity contribution in [3.8, 4) is 0 Å². The van der Waals surface area contributed by atoms with Crippen molar-refractivity contribution in [3.63, 3.8) is 0 Å². The number of carbonyl (C=O) groups is 2. The molecular weight excluding hydrogens is 580 g/mol. The first-order valence-electron chi connectivity index (χ1n) is 8.91. The third-order valence-electron chi connectivity index (χ3n) is 4.41. The molecule has 0 aliphatic carbocycles. The number of halogens is 2. The van der Waals surface area contributed by atoms with E-state index in [0.29, 0.717) is 12.8 Å². The van der Waals surface area contributed by atoms with Crippen LogP contribution < -0.4 is 0 Å². The van der Waals surface area contributed by atoms with Crippen molar-refractivity contribution >= 4 is 57.1 Å². The molecule has 1 aliphatic rings. The smallest absolute Gasteiger partial charge is 0.321 e. The molecule has 0 radical (unpaired) electrons. The van der Waals surface area contributed by atoms with E-state index in [1.807, 2.05) is 72.9 Å². The van der Waals surface area contributed by atoms with Gasteiger partial charge < -0.3 is 19.4 Å². The molecule has 0 aromatic heterocycles. The Balaban J connectivity index is 2.70. The fraction of sp³-hybridized carbons (Fsp3) is 0.889. The minimum atomic E-state index is -0.659. The first-order valence-corrected chi connectivity index (χ1v) is 11.5. The zero-order valence-corrected chi connectivity index (χ0v) is 21.2. The Morgan fingerprint density at radius 3 is 2.15 bits per heavy atom. The first kappa shape index (κ1) is 25.3. The zero-order valence-electron chi connectivity index (χ0n) is 16.9. The van der Waals surface area contributed by atoms with Gasteiger partial charge in [-0.15, -0.1) is 0 Å². The highest BCUT2D eigenvalue weighted by Gasteiger charge is 2.45. The summed E-state index contributed by atoms with van der Waals surface area (Å²) in [6, 6.07) is 0. The lowest BCUT2D eigenvalue weighted by Gasteiger charge is -2.51. The fourth-order valence-electron chi connectivity index (χ4n) is 3.21. The van der Waals surface area contributed by atoms with Gasteiger partial charge in [0.15, 0.2) is 6.10 Å². The molecule has 1 fully saturated rings. The van der Waals surface area contributed by atoms with E-state index in [0.717, 1.165) is 0 Å². The molecule has 1 saturated heterocycles. The van der Waals surface area contributed by atoms with Crippen LogP contribution in [0.1, 0.15) is 54.4 Å². The Kier molecular flexibility index (Phi) is 9.24. The van der Waals surface area contributed by atoms with E-state index in [2.05, 4.69) is 0 Å². The van der Waals surface area contributed by atoms with Gasteiger partial charge in [-0.1, -0.05) is 45.2 Å². The number of nitrogens with zero attached hydrogens (tertiary/aromatic N) is 1. The van der Waals surface area contributed by atoms with Gasteiger partial charge in [-0.05, 0) is 54.4 Å². The summed E-state index contributed by atoms with van der Waals surface area (Å²) in [6.07, 6.45) is 0.519. The quantitative estimate of drug-likeness (QED) is 0.256. The summed E-state index contributed by atoms with van der Waals surface area (Å²) < 4.78 is 16.2. The molecule has 7 nitrogen and oxygen atoms in total. The highest BCUT2D eigenvalue weighted by molar-refractivity contribution is 14.1. The Labute approximate surface area is 189 Å². The lowest BCUT2D eigenvalue weighted by atomic mass is 9.80. The Morgan fingerprint density at radius 2 is 1.70 bits per heavy atom. The van der Waals surface area contributed by atoms with Crippen molar-refractivity contribution in [2.45, 2.75) is 81.1 Å². The second kappa shape index (κ2) is 9.86. The molecule has 158 valence electrons. The van der Waals surface area contributed by atoms with Crippen molar-refractivity contribution in [1.82, 2.24) is 5.06 Å². The topological polar surface area (TPSA) is 85.3 Å². The van der Waals surface area contributed by atoms with Crippen molar-refractivity contribution in [3.05, 3.63) is 0 Å². The highest BCUT2D eigenvalue weighted by Crippen LogP contribution is 2.38. The molecule has 0 aromatic carbocycles. The average Bonchev–Trinajstić information content (AvgIpc) is 2.53. The predicted octanol–water partition coefficient (Wildman–Crippen LogP) is 3.52. The molecule has 1 heterocycles. The summed E-state index contributed by atoms with van der Waals surface area (Å²) in [5.74, 6) is -0.741. The van der Waals surface area contributed by atoms with Gasteiger partial charge in [0.25, 0.3) is 0 Å². The van der Waals surface area contributed by atoms with E-state index in [9.17, 15) is 14.8 Å². The van der Waals surface area contributed by atoms with E-state index in [-0.39, 0.29) is 35.7 Å². The van der Waals surface area contributed by atoms with E-state index in [4.69, 9.17) is 14.2 Å². The maximum Gasteiger partial charge on any atom is 0.321 e. The second-order valence-corrected chi connectivity index (χ2v) is 12.1. The van der Waals surface area contributed by atoms with Crippen molar-refractivity contribution < 1.29 is 29.0 Å². The van der Waals surface area contributed by atoms with Gasteiger partial charge in [-0.3, -0.25) is 9.59 Å². The van der Waals surface area contributed by atoms with Gasteiger partial charge in [-0.2, -0.15) is 5.06 Å². The van der Waals surface area contributed by atoms with Crippen LogP contribution in [-0.2, 0) is 23.8 Å². The summed E-state index contributed by atoms with van der Waals surface area (Å²) in [5.41, 5.74) is -0.864. The minimum Gasteiger partial charge on any atom is -0.461 e. The standard InChI is InChI=1S/C18H31I2NO6/c1-16(2)7-12(8-17(3,4)21(16)24)25-10-13(27-14(22)9-19)11-26-15(23)18(5,6)20/h12-13,24H,7-11H2,1-6H3. The van der Waals surface area contributed by atoms with Crippen molar-refractivity contribution in [1.29, 1.82) is 0 Å². The van der Waals surface area contributed by atoms with Gasteiger partial charge in [0, 0.05) is 11.1 Å². The molecular formula is C18H31I2NO6. The molecule has 1 unspecified atom stereocenters. The largest absolute Gasteiger partial charge is 0.461 e. The predicted molar refractivity (Wildman–Crippen MR) is 119 cm³/mol. The molecule has 1 aliphatic heterocycles. The summed E-state index contributed by atoms with van der Waals surface area (Å²) in [5, 5.41) is 11.8. The molecule has 1 atom stereocenters. The van der Waals surface area contributed by atoms with Crippen LogP contribution in [0.2, 0.25) is 0 Å². The third-order valence-corrected chi connectivity index (χ3v) is 5.48. The SMILES string of the molecule is CC(C)(I)C(=O)OCC(COC1CC(C)(C)N(O)C(C)(C)C1)OC(=O)CI. The number of rotatable bonds is 8. The summed E-state index contributed by atoms with van der Waals surface area (Å²) in [6.45, 7) is 11.4. The van der Waals surface area contributed by atoms with Crippen LogP contribution in [-0.4, -0.2) is 66.6 Å². The zero-order chi connectivity index (χ0) is 21.0. The third kappa shape index (κ3) is 7.90. The maximum atomic E-state index is 12.0. The van der Waals surface area contributed by atoms with Crippen LogP contribution in [0.4, 0.5) is 0 Å². The summed E-state index contributed by atoms with van der Waals surface area (Å²) >= 11 is 3.93. The maximum absolute atomic E-state index is 12.0. The molecule has 0 saturated carbocycles. The van der Waals surface area contributed by atoms with Crippen molar-refractivity contribution in [2.24, 2.45) is 0 Å². The molecule has 0 bridgehead atoms. The number of hydrogen-bond donors (Lipinski definition) is 1. The number of hydrogen-bond acceptors (Lipinski definition) is 7. The highest BCUT2D eigenvalue weighted by atomic mass is 127. The van der Waals surface area contributed by atoms with Gasteiger partial charge >= 0.3 is 11.9 Å².